The van der Waals surface area contributed by atoms with Gasteiger partial charge in [0.05, 0.1) is 0 Å². The van der Waals surface area contributed by atoms with Gasteiger partial charge >= 0.3 is 0 Å². The number of rotatable bonds is 6. The van der Waals surface area contributed by atoms with Crippen molar-refractivity contribution >= 4 is 23.4 Å². The SMILES string of the molecule is Cc1ccc(C(=O)NC(C(=O)NNC(=O)c2cccc(N(C)C)c2)C(C)C)cc1. The van der Waals surface area contributed by atoms with Crippen LogP contribution >= 0.6 is 0 Å². The molecule has 0 aromatic heterocycles. The maximum absolute atomic E-state index is 12.6. The number of aryl methyl sites for hydroxylation is 1. The number of amides is 3. The summed E-state index contributed by atoms with van der Waals surface area (Å²) in [7, 11) is 3.76. The van der Waals surface area contributed by atoms with Crippen molar-refractivity contribution in [3.63, 3.8) is 0 Å². The van der Waals surface area contributed by atoms with Gasteiger partial charge in [-0.1, -0.05) is 37.6 Å². The van der Waals surface area contributed by atoms with E-state index in [1.807, 2.05) is 58.0 Å². The minimum absolute atomic E-state index is 0.168. The molecule has 2 aromatic rings. The van der Waals surface area contributed by atoms with Gasteiger partial charge < -0.3 is 10.2 Å². The first-order chi connectivity index (χ1) is 13.7. The van der Waals surface area contributed by atoms with Crippen LogP contribution in [0.3, 0.4) is 0 Å². The predicted octanol–water partition coefficient (Wildman–Crippen LogP) is 2.28. The molecule has 154 valence electrons. The number of hydrogen-bond acceptors (Lipinski definition) is 4. The molecule has 0 saturated carbocycles. The Labute approximate surface area is 171 Å². The predicted molar refractivity (Wildman–Crippen MR) is 114 cm³/mol. The lowest BCUT2D eigenvalue weighted by atomic mass is 10.0. The monoisotopic (exact) mass is 396 g/mol. The Bertz CT molecular complexity index is 876. The second-order valence-corrected chi connectivity index (χ2v) is 7.45. The number of nitrogens with zero attached hydrogens (tertiary/aromatic N) is 1. The number of anilines is 1. The highest BCUT2D eigenvalue weighted by atomic mass is 16.2. The Morgan fingerprint density at radius 3 is 2.10 bits per heavy atom. The van der Waals surface area contributed by atoms with Crippen molar-refractivity contribution in [3.05, 3.63) is 65.2 Å². The fraction of sp³-hybridized carbons (Fsp3) is 0.318. The maximum atomic E-state index is 12.6. The fourth-order valence-electron chi connectivity index (χ4n) is 2.66. The average Bonchev–Trinajstić information content (AvgIpc) is 2.70. The fourth-order valence-corrected chi connectivity index (χ4v) is 2.66. The molecular weight excluding hydrogens is 368 g/mol. The van der Waals surface area contributed by atoms with Gasteiger partial charge in [-0.05, 0) is 43.2 Å². The summed E-state index contributed by atoms with van der Waals surface area (Å²) in [6.07, 6.45) is 0. The first-order valence-electron chi connectivity index (χ1n) is 9.44. The van der Waals surface area contributed by atoms with Gasteiger partial charge in [-0.2, -0.15) is 0 Å². The molecule has 7 heteroatoms. The van der Waals surface area contributed by atoms with E-state index in [1.165, 1.54) is 0 Å². The number of carbonyl (C=O) groups is 3. The molecule has 0 radical (unpaired) electrons. The molecule has 3 N–H and O–H groups in total. The number of carbonyl (C=O) groups excluding carboxylic acids is 3. The Kier molecular flexibility index (Phi) is 7.36. The quantitative estimate of drug-likeness (QED) is 0.654. The van der Waals surface area contributed by atoms with E-state index in [-0.39, 0.29) is 11.8 Å². The van der Waals surface area contributed by atoms with Crippen LogP contribution in [0.5, 0.6) is 0 Å². The normalized spacial score (nSPS) is 11.5. The van der Waals surface area contributed by atoms with E-state index in [2.05, 4.69) is 16.2 Å². The van der Waals surface area contributed by atoms with Gasteiger partial charge in [0.1, 0.15) is 6.04 Å². The molecule has 0 saturated heterocycles. The number of nitrogens with one attached hydrogen (secondary N) is 3. The Balaban J connectivity index is 2.00. The molecule has 0 bridgehead atoms. The summed E-state index contributed by atoms with van der Waals surface area (Å²) in [5.41, 5.74) is 7.62. The summed E-state index contributed by atoms with van der Waals surface area (Å²) < 4.78 is 0. The van der Waals surface area contributed by atoms with E-state index in [0.717, 1.165) is 11.3 Å². The minimum atomic E-state index is -0.794. The highest BCUT2D eigenvalue weighted by molar-refractivity contribution is 5.99. The summed E-state index contributed by atoms with van der Waals surface area (Å²) in [5, 5.41) is 2.73. The molecule has 7 nitrogen and oxygen atoms in total. The van der Waals surface area contributed by atoms with E-state index >= 15 is 0 Å². The van der Waals surface area contributed by atoms with Crippen LogP contribution in [0, 0.1) is 12.8 Å². The van der Waals surface area contributed by atoms with E-state index in [9.17, 15) is 14.4 Å². The van der Waals surface area contributed by atoms with E-state index in [0.29, 0.717) is 11.1 Å². The summed E-state index contributed by atoms with van der Waals surface area (Å²) in [6, 6.07) is 13.3. The molecule has 0 heterocycles. The van der Waals surface area contributed by atoms with Gasteiger partial charge in [0.15, 0.2) is 0 Å². The Hall–Kier alpha value is -3.35. The van der Waals surface area contributed by atoms with Crippen molar-refractivity contribution in [2.75, 3.05) is 19.0 Å². The Morgan fingerprint density at radius 2 is 1.52 bits per heavy atom. The molecule has 0 spiro atoms. The van der Waals surface area contributed by atoms with Gasteiger partial charge in [-0.15, -0.1) is 0 Å². The third kappa shape index (κ3) is 6.07. The largest absolute Gasteiger partial charge is 0.378 e. The molecular formula is C22H28N4O3. The lowest BCUT2D eigenvalue weighted by Gasteiger charge is -2.22. The smallest absolute Gasteiger partial charge is 0.269 e. The highest BCUT2D eigenvalue weighted by Crippen LogP contribution is 2.13. The van der Waals surface area contributed by atoms with Crippen molar-refractivity contribution in [3.8, 4) is 0 Å². The van der Waals surface area contributed by atoms with Gasteiger partial charge in [-0.25, -0.2) is 0 Å². The highest BCUT2D eigenvalue weighted by Gasteiger charge is 2.25. The van der Waals surface area contributed by atoms with Crippen LogP contribution in [0.15, 0.2) is 48.5 Å². The van der Waals surface area contributed by atoms with Crippen LogP contribution in [0.2, 0.25) is 0 Å². The zero-order valence-corrected chi connectivity index (χ0v) is 17.4. The first-order valence-corrected chi connectivity index (χ1v) is 9.44. The average molecular weight is 396 g/mol. The van der Waals surface area contributed by atoms with E-state index in [4.69, 9.17) is 0 Å². The van der Waals surface area contributed by atoms with Crippen molar-refractivity contribution in [2.24, 2.45) is 5.92 Å². The summed E-state index contributed by atoms with van der Waals surface area (Å²) in [6.45, 7) is 5.58. The standard InChI is InChI=1S/C22H28N4O3/c1-14(2)19(23-20(27)16-11-9-15(3)10-12-16)22(29)25-24-21(28)17-7-6-8-18(13-17)26(4)5/h6-14,19H,1-5H3,(H,23,27)(H,24,28)(H,25,29). The molecule has 0 aliphatic carbocycles. The topological polar surface area (TPSA) is 90.5 Å². The molecule has 0 fully saturated rings. The summed E-state index contributed by atoms with van der Waals surface area (Å²) in [5.74, 6) is -1.44. The number of hydrogen-bond donors (Lipinski definition) is 3. The van der Waals surface area contributed by atoms with Crippen LogP contribution in [-0.2, 0) is 4.79 Å². The second kappa shape index (κ2) is 9.73. The lowest BCUT2D eigenvalue weighted by molar-refractivity contribution is -0.124. The minimum Gasteiger partial charge on any atom is -0.378 e. The third-order valence-corrected chi connectivity index (χ3v) is 4.47. The van der Waals surface area contributed by atoms with Gasteiger partial charge in [0, 0.05) is 30.9 Å². The van der Waals surface area contributed by atoms with Crippen LogP contribution in [0.1, 0.15) is 40.1 Å². The summed E-state index contributed by atoms with van der Waals surface area (Å²) >= 11 is 0. The van der Waals surface area contributed by atoms with Crippen molar-refractivity contribution in [2.45, 2.75) is 26.8 Å². The molecule has 2 aromatic carbocycles. The van der Waals surface area contributed by atoms with E-state index in [1.54, 1.807) is 30.3 Å². The van der Waals surface area contributed by atoms with Crippen LogP contribution in [0.25, 0.3) is 0 Å². The first kappa shape index (κ1) is 21.9. The van der Waals surface area contributed by atoms with Crippen molar-refractivity contribution < 1.29 is 14.4 Å². The summed E-state index contributed by atoms with van der Waals surface area (Å²) in [4.78, 5) is 39.3. The zero-order valence-electron chi connectivity index (χ0n) is 17.4. The maximum Gasteiger partial charge on any atom is 0.269 e. The van der Waals surface area contributed by atoms with E-state index < -0.39 is 17.9 Å². The van der Waals surface area contributed by atoms with Gasteiger partial charge in [0.2, 0.25) is 0 Å². The van der Waals surface area contributed by atoms with Crippen molar-refractivity contribution in [1.82, 2.24) is 16.2 Å². The molecule has 0 aliphatic rings. The zero-order chi connectivity index (χ0) is 21.6. The Morgan fingerprint density at radius 1 is 0.862 bits per heavy atom. The molecule has 1 unspecified atom stereocenters. The number of hydrazine groups is 1. The van der Waals surface area contributed by atoms with Crippen LogP contribution < -0.4 is 21.1 Å². The second-order valence-electron chi connectivity index (χ2n) is 7.45. The van der Waals surface area contributed by atoms with Crippen LogP contribution in [-0.4, -0.2) is 37.9 Å². The lowest BCUT2D eigenvalue weighted by Crippen LogP contribution is -2.54. The number of benzene rings is 2. The molecule has 0 aliphatic heterocycles. The van der Waals surface area contributed by atoms with Crippen LogP contribution in [0.4, 0.5) is 5.69 Å². The van der Waals surface area contributed by atoms with Gasteiger partial charge in [0.25, 0.3) is 17.7 Å². The van der Waals surface area contributed by atoms with Gasteiger partial charge in [-0.3, -0.25) is 25.2 Å². The third-order valence-electron chi connectivity index (χ3n) is 4.47. The van der Waals surface area contributed by atoms with Crippen molar-refractivity contribution in [1.29, 1.82) is 0 Å². The molecule has 2 rings (SSSR count). The molecule has 3 amide bonds. The molecule has 1 atom stereocenters. The molecule has 29 heavy (non-hydrogen) atoms.